The van der Waals surface area contributed by atoms with Gasteiger partial charge in [0.2, 0.25) is 0 Å². The molecule has 0 spiro atoms. The first-order valence-corrected chi connectivity index (χ1v) is 10.7. The number of ether oxygens (including phenoxy) is 1. The first-order valence-electron chi connectivity index (χ1n) is 10.7. The number of rotatable bonds is 4. The molecule has 0 aliphatic rings. The second-order valence-electron chi connectivity index (χ2n) is 8.10. The van der Waals surface area contributed by atoms with Crippen molar-refractivity contribution in [3.8, 4) is 17.1 Å². The van der Waals surface area contributed by atoms with E-state index in [9.17, 15) is 35.9 Å². The van der Waals surface area contributed by atoms with E-state index in [-0.39, 0.29) is 17.0 Å². The Hall–Kier alpha value is -4.28. The van der Waals surface area contributed by atoms with Crippen LogP contribution in [0.3, 0.4) is 0 Å². The summed E-state index contributed by atoms with van der Waals surface area (Å²) in [5, 5.41) is 0.640. The van der Waals surface area contributed by atoms with E-state index in [1.54, 1.807) is 48.5 Å². The van der Waals surface area contributed by atoms with Gasteiger partial charge in [0.25, 0.3) is 0 Å². The van der Waals surface area contributed by atoms with Crippen LogP contribution in [-0.2, 0) is 18.9 Å². The number of hydrogen-bond acceptors (Lipinski definition) is 4. The minimum absolute atomic E-state index is 0.00229. The van der Waals surface area contributed by atoms with Gasteiger partial charge in [-0.1, -0.05) is 48.5 Å². The molecular weight excluding hydrogens is 504 g/mol. The van der Waals surface area contributed by atoms with E-state index in [0.717, 1.165) is 11.9 Å². The summed E-state index contributed by atoms with van der Waals surface area (Å²) in [4.78, 5) is 26.1. The minimum atomic E-state index is -5.03. The maximum absolute atomic E-state index is 13.2. The molecule has 5 nitrogen and oxygen atoms in total. The molecule has 1 heterocycles. The van der Waals surface area contributed by atoms with Crippen molar-refractivity contribution in [1.29, 1.82) is 0 Å². The number of halogens is 6. The molecule has 1 aromatic heterocycles. The molecule has 0 aliphatic heterocycles. The number of hydrogen-bond donors (Lipinski definition) is 0. The molecule has 4 rings (SSSR count). The number of alkyl halides is 6. The molecule has 192 valence electrons. The van der Waals surface area contributed by atoms with Gasteiger partial charge in [0.05, 0.1) is 22.1 Å². The number of carbonyl (C=O) groups excluding carboxylic acids is 1. The Morgan fingerprint density at radius 1 is 0.838 bits per heavy atom. The predicted octanol–water partition coefficient (Wildman–Crippen LogP) is 7.13. The van der Waals surface area contributed by atoms with Crippen LogP contribution in [0.5, 0.6) is 5.95 Å². The second-order valence-corrected chi connectivity index (χ2v) is 8.10. The van der Waals surface area contributed by atoms with Gasteiger partial charge < -0.3 is 14.1 Å². The van der Waals surface area contributed by atoms with Crippen molar-refractivity contribution in [3.05, 3.63) is 99.9 Å². The smallest absolute Gasteiger partial charge is 0.388 e. The van der Waals surface area contributed by atoms with E-state index in [0.29, 0.717) is 23.1 Å². The van der Waals surface area contributed by atoms with E-state index in [1.807, 2.05) is 0 Å². The van der Waals surface area contributed by atoms with Crippen LogP contribution in [0.1, 0.15) is 16.7 Å². The van der Waals surface area contributed by atoms with Crippen molar-refractivity contribution in [1.82, 2.24) is 4.90 Å². The largest absolute Gasteiger partial charge is 0.417 e. The lowest BCUT2D eigenvalue weighted by atomic mass is 10.0. The minimum Gasteiger partial charge on any atom is -0.388 e. The highest BCUT2D eigenvalue weighted by Crippen LogP contribution is 2.37. The van der Waals surface area contributed by atoms with Gasteiger partial charge >= 0.3 is 30.0 Å². The number of benzene rings is 3. The van der Waals surface area contributed by atoms with Crippen LogP contribution in [0.2, 0.25) is 0 Å². The van der Waals surface area contributed by atoms with E-state index in [2.05, 4.69) is 0 Å². The average molecular weight is 521 g/mol. The Bertz CT molecular complexity index is 1480. The molecule has 0 N–H and O–H groups in total. The lowest BCUT2D eigenvalue weighted by Gasteiger charge is -2.20. The molecule has 0 saturated carbocycles. The quantitative estimate of drug-likeness (QED) is 0.268. The van der Waals surface area contributed by atoms with E-state index in [4.69, 9.17) is 9.15 Å². The van der Waals surface area contributed by atoms with Crippen LogP contribution in [-0.4, -0.2) is 18.0 Å². The van der Waals surface area contributed by atoms with Gasteiger partial charge in [0, 0.05) is 19.0 Å². The standard InChI is InChI=1S/C26H17F6NO4/c1-33(14-15-11-17(25(27,28)29)13-18(12-15)26(30,31)32)24(35)37-23-21(16-7-3-2-4-8-16)19-9-5-6-10-20(19)22(34)36-23/h2-13H,14H2,1H3. The van der Waals surface area contributed by atoms with Gasteiger partial charge in [0.1, 0.15) is 0 Å². The molecule has 1 amide bonds. The van der Waals surface area contributed by atoms with Crippen molar-refractivity contribution < 1.29 is 40.3 Å². The Balaban J connectivity index is 1.69. The van der Waals surface area contributed by atoms with Gasteiger partial charge in [-0.05, 0) is 35.4 Å². The summed E-state index contributed by atoms with van der Waals surface area (Å²) >= 11 is 0. The fraction of sp³-hybridized carbons (Fsp3) is 0.154. The summed E-state index contributed by atoms with van der Waals surface area (Å²) in [6.45, 7) is -0.648. The van der Waals surface area contributed by atoms with Gasteiger partial charge in [0.15, 0.2) is 0 Å². The zero-order valence-corrected chi connectivity index (χ0v) is 19.0. The third-order valence-electron chi connectivity index (χ3n) is 5.43. The third-order valence-corrected chi connectivity index (χ3v) is 5.43. The second kappa shape index (κ2) is 9.64. The normalized spacial score (nSPS) is 12.0. The van der Waals surface area contributed by atoms with Gasteiger partial charge in [-0.25, -0.2) is 9.59 Å². The van der Waals surface area contributed by atoms with Crippen molar-refractivity contribution in [3.63, 3.8) is 0 Å². The average Bonchev–Trinajstić information content (AvgIpc) is 2.83. The van der Waals surface area contributed by atoms with Crippen LogP contribution in [0.25, 0.3) is 21.9 Å². The summed E-state index contributed by atoms with van der Waals surface area (Å²) < 4.78 is 89.6. The van der Waals surface area contributed by atoms with Crippen molar-refractivity contribution in [2.24, 2.45) is 0 Å². The molecule has 11 heteroatoms. The highest BCUT2D eigenvalue weighted by molar-refractivity contribution is 5.98. The van der Waals surface area contributed by atoms with Crippen molar-refractivity contribution in [2.45, 2.75) is 18.9 Å². The zero-order valence-electron chi connectivity index (χ0n) is 19.0. The molecule has 0 atom stereocenters. The Labute approximate surface area is 205 Å². The number of nitrogens with zero attached hydrogens (tertiary/aromatic N) is 1. The van der Waals surface area contributed by atoms with Crippen molar-refractivity contribution >= 4 is 16.9 Å². The fourth-order valence-electron chi connectivity index (χ4n) is 3.74. The Kier molecular flexibility index (Phi) is 6.72. The predicted molar refractivity (Wildman–Crippen MR) is 122 cm³/mol. The van der Waals surface area contributed by atoms with Crippen LogP contribution in [0.15, 0.2) is 82.0 Å². The first kappa shape index (κ1) is 25.8. The lowest BCUT2D eigenvalue weighted by molar-refractivity contribution is -0.143. The zero-order chi connectivity index (χ0) is 27.0. The molecule has 3 aromatic carbocycles. The monoisotopic (exact) mass is 521 g/mol. The lowest BCUT2D eigenvalue weighted by Crippen LogP contribution is -2.30. The van der Waals surface area contributed by atoms with Gasteiger partial charge in [-0.15, -0.1) is 0 Å². The van der Waals surface area contributed by atoms with E-state index in [1.165, 1.54) is 6.07 Å². The summed E-state index contributed by atoms with van der Waals surface area (Å²) in [5.41, 5.74) is -3.42. The molecule has 0 fully saturated rings. The number of amides is 1. The maximum atomic E-state index is 13.2. The number of carbonyl (C=O) groups is 1. The molecule has 0 radical (unpaired) electrons. The topological polar surface area (TPSA) is 59.8 Å². The van der Waals surface area contributed by atoms with Gasteiger partial charge in [-0.2, -0.15) is 26.3 Å². The summed E-state index contributed by atoms with van der Waals surface area (Å²) in [6, 6.07) is 16.0. The summed E-state index contributed by atoms with van der Waals surface area (Å²) in [5.74, 6) is -0.466. The highest BCUT2D eigenvalue weighted by Gasteiger charge is 2.37. The van der Waals surface area contributed by atoms with Crippen LogP contribution in [0, 0.1) is 0 Å². The molecular formula is C26H17F6NO4. The fourth-order valence-corrected chi connectivity index (χ4v) is 3.74. The molecule has 0 unspecified atom stereocenters. The van der Waals surface area contributed by atoms with Crippen LogP contribution in [0.4, 0.5) is 31.1 Å². The van der Waals surface area contributed by atoms with Gasteiger partial charge in [-0.3, -0.25) is 0 Å². The van der Waals surface area contributed by atoms with Crippen LogP contribution < -0.4 is 10.4 Å². The molecule has 0 aliphatic carbocycles. The molecule has 0 saturated heterocycles. The van der Waals surface area contributed by atoms with Crippen LogP contribution >= 0.6 is 0 Å². The molecule has 0 bridgehead atoms. The molecule has 37 heavy (non-hydrogen) atoms. The van der Waals surface area contributed by atoms with E-state index < -0.39 is 53.3 Å². The SMILES string of the molecule is CN(Cc1cc(C(F)(F)F)cc(C(F)(F)F)c1)C(=O)Oc1oc(=O)c2ccccc2c1-c1ccccc1. The number of fused-ring (bicyclic) bond motifs is 1. The molecule has 4 aromatic rings. The first-order chi connectivity index (χ1) is 17.3. The third kappa shape index (κ3) is 5.60. The highest BCUT2D eigenvalue weighted by atomic mass is 19.4. The maximum Gasteiger partial charge on any atom is 0.417 e. The van der Waals surface area contributed by atoms with E-state index >= 15 is 0 Å². The van der Waals surface area contributed by atoms with Crippen molar-refractivity contribution in [2.75, 3.05) is 7.05 Å². The summed E-state index contributed by atoms with van der Waals surface area (Å²) in [7, 11) is 1.12. The summed E-state index contributed by atoms with van der Waals surface area (Å²) in [6.07, 6.45) is -11.2. The Morgan fingerprint density at radius 2 is 1.38 bits per heavy atom. The Morgan fingerprint density at radius 3 is 1.95 bits per heavy atom.